The molecular formula is C22H19NO4. The van der Waals surface area contributed by atoms with Crippen LogP contribution < -0.4 is 0 Å². The first-order valence-corrected chi connectivity index (χ1v) is 9.03. The number of aryl methyl sites for hydroxylation is 1. The van der Waals surface area contributed by atoms with Crippen LogP contribution in [0.3, 0.4) is 0 Å². The Morgan fingerprint density at radius 2 is 1.74 bits per heavy atom. The molecule has 0 spiro atoms. The van der Waals surface area contributed by atoms with Gasteiger partial charge in [0.25, 0.3) is 11.8 Å². The zero-order valence-electron chi connectivity index (χ0n) is 14.8. The van der Waals surface area contributed by atoms with E-state index in [-0.39, 0.29) is 18.4 Å². The predicted octanol–water partition coefficient (Wildman–Crippen LogP) is 3.00. The fourth-order valence-corrected chi connectivity index (χ4v) is 3.80. The Kier molecular flexibility index (Phi) is 4.59. The van der Waals surface area contributed by atoms with Crippen LogP contribution >= 0.6 is 0 Å². The summed E-state index contributed by atoms with van der Waals surface area (Å²) in [5.41, 5.74) is 3.27. The van der Waals surface area contributed by atoms with Crippen LogP contribution in [0.4, 0.5) is 0 Å². The number of hydrogen-bond acceptors (Lipinski definition) is 4. The molecule has 0 saturated carbocycles. The Hall–Kier alpha value is -3.21. The summed E-state index contributed by atoms with van der Waals surface area (Å²) in [6.07, 6.45) is 4.55. The molecule has 0 saturated heterocycles. The molecule has 0 radical (unpaired) electrons. The lowest BCUT2D eigenvalue weighted by Crippen LogP contribution is -2.34. The molecule has 2 amide bonds. The lowest BCUT2D eigenvalue weighted by molar-refractivity contribution is -0.139. The van der Waals surface area contributed by atoms with Gasteiger partial charge in [0.15, 0.2) is 0 Å². The number of carbonyl (C=O) groups is 3. The third kappa shape index (κ3) is 3.28. The average Bonchev–Trinajstić information content (AvgIpc) is 3.25. The van der Waals surface area contributed by atoms with E-state index < -0.39 is 12.0 Å². The van der Waals surface area contributed by atoms with Crippen LogP contribution in [0.25, 0.3) is 0 Å². The third-order valence-electron chi connectivity index (χ3n) is 5.06. The summed E-state index contributed by atoms with van der Waals surface area (Å²) in [5.74, 6) is -1.07. The number of hydrogen-bond donors (Lipinski definition) is 0. The third-order valence-corrected chi connectivity index (χ3v) is 5.06. The van der Waals surface area contributed by atoms with Gasteiger partial charge in [-0.1, -0.05) is 42.5 Å². The molecule has 0 bridgehead atoms. The predicted molar refractivity (Wildman–Crippen MR) is 98.9 cm³/mol. The highest BCUT2D eigenvalue weighted by Crippen LogP contribution is 2.39. The largest absolute Gasteiger partial charge is 0.462 e. The SMILES string of the molecule is O=C(OCCc1ccccc1)c1cccc2c1[C@@H](N1C(=O)C=CC1=O)CC2. The number of imide groups is 1. The molecule has 1 aliphatic heterocycles. The van der Waals surface area contributed by atoms with Crippen molar-refractivity contribution in [2.75, 3.05) is 6.61 Å². The number of esters is 1. The molecule has 4 rings (SSSR count). The van der Waals surface area contributed by atoms with E-state index in [0.29, 0.717) is 18.4 Å². The van der Waals surface area contributed by atoms with Gasteiger partial charge in [0.1, 0.15) is 0 Å². The normalized spacial score (nSPS) is 18.1. The van der Waals surface area contributed by atoms with E-state index in [0.717, 1.165) is 23.1 Å². The lowest BCUT2D eigenvalue weighted by Gasteiger charge is -2.24. The van der Waals surface area contributed by atoms with E-state index in [4.69, 9.17) is 4.74 Å². The Morgan fingerprint density at radius 3 is 2.48 bits per heavy atom. The topological polar surface area (TPSA) is 63.7 Å². The van der Waals surface area contributed by atoms with Crippen LogP contribution in [0.2, 0.25) is 0 Å². The van der Waals surface area contributed by atoms with Crippen LogP contribution in [0, 0.1) is 0 Å². The van der Waals surface area contributed by atoms with Gasteiger partial charge in [0.05, 0.1) is 18.2 Å². The van der Waals surface area contributed by atoms with Crippen LogP contribution in [0.15, 0.2) is 60.7 Å². The first kappa shape index (κ1) is 17.2. The summed E-state index contributed by atoms with van der Waals surface area (Å²) in [4.78, 5) is 38.1. The van der Waals surface area contributed by atoms with E-state index >= 15 is 0 Å². The van der Waals surface area contributed by atoms with Crippen LogP contribution in [0.5, 0.6) is 0 Å². The Morgan fingerprint density at radius 1 is 1.00 bits per heavy atom. The number of carbonyl (C=O) groups excluding carboxylic acids is 3. The van der Waals surface area contributed by atoms with Crippen LogP contribution in [-0.4, -0.2) is 29.3 Å². The maximum absolute atomic E-state index is 12.7. The molecule has 2 aromatic carbocycles. The van der Waals surface area contributed by atoms with Crippen molar-refractivity contribution in [2.45, 2.75) is 25.3 Å². The fraction of sp³-hybridized carbons (Fsp3) is 0.227. The van der Waals surface area contributed by atoms with Crippen molar-refractivity contribution in [3.8, 4) is 0 Å². The van der Waals surface area contributed by atoms with Gasteiger partial charge in [-0.15, -0.1) is 0 Å². The first-order valence-electron chi connectivity index (χ1n) is 9.03. The molecule has 2 aliphatic rings. The first-order chi connectivity index (χ1) is 13.1. The Bertz CT molecular complexity index is 915. The number of fused-ring (bicyclic) bond motifs is 1. The zero-order chi connectivity index (χ0) is 18.8. The van der Waals surface area contributed by atoms with E-state index in [2.05, 4.69) is 0 Å². The molecule has 0 aromatic heterocycles. The molecule has 0 fully saturated rings. The van der Waals surface area contributed by atoms with Gasteiger partial charge in [-0.3, -0.25) is 14.5 Å². The van der Waals surface area contributed by atoms with Crippen molar-refractivity contribution < 1.29 is 19.1 Å². The van der Waals surface area contributed by atoms with Gasteiger partial charge in [-0.2, -0.15) is 0 Å². The highest BCUT2D eigenvalue weighted by molar-refractivity contribution is 6.13. The monoisotopic (exact) mass is 361 g/mol. The van der Waals surface area contributed by atoms with Crippen molar-refractivity contribution in [1.29, 1.82) is 0 Å². The summed E-state index contributed by atoms with van der Waals surface area (Å²) in [7, 11) is 0. The molecule has 2 aromatic rings. The number of rotatable bonds is 5. The molecule has 0 unspecified atom stereocenters. The van der Waals surface area contributed by atoms with Crippen molar-refractivity contribution in [1.82, 2.24) is 4.90 Å². The highest BCUT2D eigenvalue weighted by atomic mass is 16.5. The quantitative estimate of drug-likeness (QED) is 0.607. The summed E-state index contributed by atoms with van der Waals surface area (Å²) < 4.78 is 5.48. The van der Waals surface area contributed by atoms with Gasteiger partial charge < -0.3 is 4.74 Å². The molecular weight excluding hydrogens is 342 g/mol. The Balaban J connectivity index is 1.52. The number of benzene rings is 2. The maximum Gasteiger partial charge on any atom is 0.338 e. The van der Waals surface area contributed by atoms with Crippen LogP contribution in [-0.2, 0) is 27.2 Å². The number of amides is 2. The second-order valence-electron chi connectivity index (χ2n) is 6.68. The van der Waals surface area contributed by atoms with E-state index in [9.17, 15) is 14.4 Å². The van der Waals surface area contributed by atoms with Crippen molar-refractivity contribution in [2.24, 2.45) is 0 Å². The van der Waals surface area contributed by atoms with Gasteiger partial charge >= 0.3 is 5.97 Å². The van der Waals surface area contributed by atoms with Gasteiger partial charge in [-0.25, -0.2) is 4.79 Å². The highest BCUT2D eigenvalue weighted by Gasteiger charge is 2.38. The fourth-order valence-electron chi connectivity index (χ4n) is 3.80. The molecule has 5 heteroatoms. The number of nitrogens with zero attached hydrogens (tertiary/aromatic N) is 1. The second-order valence-corrected chi connectivity index (χ2v) is 6.68. The molecule has 1 heterocycles. The Labute approximate surface area is 157 Å². The minimum Gasteiger partial charge on any atom is -0.462 e. The average molecular weight is 361 g/mol. The minimum atomic E-state index is -0.415. The molecule has 1 aliphatic carbocycles. The second kappa shape index (κ2) is 7.19. The van der Waals surface area contributed by atoms with Crippen molar-refractivity contribution in [3.05, 3.63) is 82.9 Å². The molecule has 136 valence electrons. The van der Waals surface area contributed by atoms with E-state index in [1.165, 1.54) is 17.1 Å². The van der Waals surface area contributed by atoms with Crippen molar-refractivity contribution >= 4 is 17.8 Å². The van der Waals surface area contributed by atoms with Gasteiger partial charge in [0, 0.05) is 18.6 Å². The lowest BCUT2D eigenvalue weighted by atomic mass is 10.00. The molecule has 1 atom stereocenters. The summed E-state index contributed by atoms with van der Waals surface area (Å²) in [5, 5.41) is 0. The summed E-state index contributed by atoms with van der Waals surface area (Å²) >= 11 is 0. The van der Waals surface area contributed by atoms with Gasteiger partial charge in [0.2, 0.25) is 0 Å². The van der Waals surface area contributed by atoms with Crippen LogP contribution in [0.1, 0.15) is 39.5 Å². The van der Waals surface area contributed by atoms with Gasteiger partial charge in [-0.05, 0) is 35.6 Å². The van der Waals surface area contributed by atoms with E-state index in [1.54, 1.807) is 6.07 Å². The van der Waals surface area contributed by atoms with Crippen molar-refractivity contribution in [3.63, 3.8) is 0 Å². The maximum atomic E-state index is 12.7. The smallest absolute Gasteiger partial charge is 0.338 e. The standard InChI is InChI=1S/C22H19NO4/c24-19-11-12-20(25)23(19)18-10-9-16-7-4-8-17(21(16)18)22(26)27-14-13-15-5-2-1-3-6-15/h1-8,11-12,18H,9-10,13-14H2/t18-/m0/s1. The minimum absolute atomic E-state index is 0.278. The zero-order valence-corrected chi connectivity index (χ0v) is 14.8. The molecule has 5 nitrogen and oxygen atoms in total. The summed E-state index contributed by atoms with van der Waals surface area (Å²) in [6.45, 7) is 0.278. The molecule has 27 heavy (non-hydrogen) atoms. The summed E-state index contributed by atoms with van der Waals surface area (Å²) in [6, 6.07) is 14.9. The molecule has 0 N–H and O–H groups in total. The van der Waals surface area contributed by atoms with E-state index in [1.807, 2.05) is 42.5 Å². The number of ether oxygens (including phenoxy) is 1.